The standard InChI is InChI=1S/C50H56N4OSi/c1-48(2,3)35-27-33(41-23-22-37(31-52-41)56(10,11)12)26-34(28-35)44-45-43(24-25-51-44)54(42-21-17-16-20-38(42)32-18-14-13-15-19-32)47(53-45)39-29-36(49(4,5)6)30-40(46(39)55)50(7,8)9/h13-31,55H,1-12H3. The van der Waals surface area contributed by atoms with E-state index in [1.54, 1.807) is 0 Å². The maximum Gasteiger partial charge on any atom is 0.149 e. The van der Waals surface area contributed by atoms with Crippen molar-refractivity contribution in [3.63, 3.8) is 0 Å². The van der Waals surface area contributed by atoms with Gasteiger partial charge in [0.2, 0.25) is 0 Å². The van der Waals surface area contributed by atoms with Crippen LogP contribution in [0.2, 0.25) is 19.6 Å². The van der Waals surface area contributed by atoms with E-state index in [4.69, 9.17) is 15.0 Å². The second-order valence-corrected chi connectivity index (χ2v) is 24.4. The number of aromatic nitrogens is 4. The summed E-state index contributed by atoms with van der Waals surface area (Å²) >= 11 is 0. The number of pyridine rings is 2. The lowest BCUT2D eigenvalue weighted by Gasteiger charge is -2.27. The van der Waals surface area contributed by atoms with Crippen LogP contribution in [0.25, 0.3) is 61.8 Å². The second-order valence-electron chi connectivity index (χ2n) is 19.3. The Hall–Kier alpha value is -5.33. The Morgan fingerprint density at radius 1 is 0.589 bits per heavy atom. The van der Waals surface area contributed by atoms with Crippen molar-refractivity contribution in [2.75, 3.05) is 0 Å². The summed E-state index contributed by atoms with van der Waals surface area (Å²) in [7, 11) is -1.51. The van der Waals surface area contributed by atoms with Gasteiger partial charge in [0, 0.05) is 34.6 Å². The van der Waals surface area contributed by atoms with E-state index in [0.29, 0.717) is 11.4 Å². The molecule has 3 heterocycles. The van der Waals surface area contributed by atoms with E-state index >= 15 is 0 Å². The number of hydrogen-bond donors (Lipinski definition) is 1. The first-order chi connectivity index (χ1) is 26.2. The molecule has 3 aromatic heterocycles. The molecule has 0 aliphatic carbocycles. The fourth-order valence-electron chi connectivity index (χ4n) is 7.33. The predicted octanol–water partition coefficient (Wildman–Crippen LogP) is 12.6. The SMILES string of the molecule is CC(C)(C)c1cc(-c2ccc([Si](C)(C)C)cn2)cc(-c2nccc3c2nc(-c2cc(C(C)(C)C)cc(C(C)(C)C)c2O)n3-c2ccccc2-c2ccccc2)c1. The highest BCUT2D eigenvalue weighted by atomic mass is 28.3. The third-order valence-electron chi connectivity index (χ3n) is 10.8. The van der Waals surface area contributed by atoms with Gasteiger partial charge in [-0.05, 0) is 80.6 Å². The normalized spacial score (nSPS) is 12.7. The molecular weight excluding hydrogens is 701 g/mol. The first-order valence-electron chi connectivity index (χ1n) is 19.8. The lowest BCUT2D eigenvalue weighted by molar-refractivity contribution is 0.446. The van der Waals surface area contributed by atoms with Crippen LogP contribution in [0.5, 0.6) is 5.75 Å². The fourth-order valence-corrected chi connectivity index (χ4v) is 8.37. The lowest BCUT2D eigenvalue weighted by atomic mass is 9.79. The molecule has 0 unspecified atom stereocenters. The zero-order chi connectivity index (χ0) is 40.4. The maximum atomic E-state index is 12.3. The summed E-state index contributed by atoms with van der Waals surface area (Å²) in [5.41, 5.74) is 11.9. The van der Waals surface area contributed by atoms with E-state index in [1.165, 1.54) is 10.8 Å². The van der Waals surface area contributed by atoms with Crippen LogP contribution in [0.1, 0.15) is 79.0 Å². The molecule has 0 fully saturated rings. The van der Waals surface area contributed by atoms with Crippen LogP contribution in [0.3, 0.4) is 0 Å². The molecule has 0 aliphatic heterocycles. The van der Waals surface area contributed by atoms with Gasteiger partial charge in [-0.3, -0.25) is 14.5 Å². The number of rotatable bonds is 6. The van der Waals surface area contributed by atoms with E-state index in [-0.39, 0.29) is 22.0 Å². The number of imidazole rings is 1. The van der Waals surface area contributed by atoms with E-state index in [2.05, 4.69) is 190 Å². The Morgan fingerprint density at radius 3 is 1.86 bits per heavy atom. The minimum absolute atomic E-state index is 0.126. The molecule has 0 saturated heterocycles. The third-order valence-corrected chi connectivity index (χ3v) is 12.9. The highest BCUT2D eigenvalue weighted by molar-refractivity contribution is 6.88. The molecule has 286 valence electrons. The van der Waals surface area contributed by atoms with Crippen molar-refractivity contribution >= 4 is 24.3 Å². The van der Waals surface area contributed by atoms with Crippen LogP contribution in [-0.4, -0.2) is 32.7 Å². The molecule has 0 atom stereocenters. The summed E-state index contributed by atoms with van der Waals surface area (Å²) in [6.45, 7) is 26.9. The number of nitrogens with zero attached hydrogens (tertiary/aromatic N) is 4. The lowest BCUT2D eigenvalue weighted by Crippen LogP contribution is -2.37. The highest BCUT2D eigenvalue weighted by Gasteiger charge is 2.30. The van der Waals surface area contributed by atoms with E-state index in [9.17, 15) is 5.11 Å². The second kappa shape index (κ2) is 14.0. The van der Waals surface area contributed by atoms with Gasteiger partial charge in [0.05, 0.1) is 36.2 Å². The number of fused-ring (bicyclic) bond motifs is 1. The molecule has 56 heavy (non-hydrogen) atoms. The molecular formula is C50H56N4OSi. The largest absolute Gasteiger partial charge is 0.507 e. The van der Waals surface area contributed by atoms with Crippen molar-refractivity contribution in [2.45, 2.75) is 98.2 Å². The Kier molecular flexibility index (Phi) is 9.73. The Morgan fingerprint density at radius 2 is 1.23 bits per heavy atom. The predicted molar refractivity (Wildman–Crippen MR) is 239 cm³/mol. The van der Waals surface area contributed by atoms with Crippen molar-refractivity contribution in [3.8, 4) is 56.5 Å². The number of phenols is 1. The summed E-state index contributed by atoms with van der Waals surface area (Å²) in [6.07, 6.45) is 3.95. The number of aromatic hydroxyl groups is 1. The van der Waals surface area contributed by atoms with E-state index in [1.807, 2.05) is 12.3 Å². The molecule has 1 N–H and O–H groups in total. The molecule has 0 spiro atoms. The molecule has 0 aliphatic rings. The number of phenolic OH excluding ortho intramolecular Hbond substituents is 1. The minimum atomic E-state index is -1.51. The highest BCUT2D eigenvalue weighted by Crippen LogP contribution is 2.45. The van der Waals surface area contributed by atoms with E-state index < -0.39 is 8.07 Å². The summed E-state index contributed by atoms with van der Waals surface area (Å²) in [4.78, 5) is 15.6. The van der Waals surface area contributed by atoms with Crippen molar-refractivity contribution < 1.29 is 5.11 Å². The quantitative estimate of drug-likeness (QED) is 0.172. The van der Waals surface area contributed by atoms with Gasteiger partial charge in [-0.2, -0.15) is 0 Å². The first kappa shape index (κ1) is 38.9. The molecule has 4 aromatic carbocycles. The molecule has 0 saturated carbocycles. The summed E-state index contributed by atoms with van der Waals surface area (Å²) in [5, 5.41) is 13.7. The van der Waals surface area contributed by atoms with Crippen molar-refractivity contribution in [2.24, 2.45) is 0 Å². The van der Waals surface area contributed by atoms with Gasteiger partial charge in [-0.25, -0.2) is 4.98 Å². The van der Waals surface area contributed by atoms with Gasteiger partial charge >= 0.3 is 0 Å². The van der Waals surface area contributed by atoms with Crippen molar-refractivity contribution in [3.05, 3.63) is 132 Å². The third kappa shape index (κ3) is 7.47. The maximum absolute atomic E-state index is 12.3. The molecule has 7 rings (SSSR count). The van der Waals surface area contributed by atoms with Crippen molar-refractivity contribution in [1.29, 1.82) is 0 Å². The molecule has 0 radical (unpaired) electrons. The molecule has 6 heteroatoms. The van der Waals surface area contributed by atoms with Crippen LogP contribution < -0.4 is 5.19 Å². The van der Waals surface area contributed by atoms with Gasteiger partial charge in [0.1, 0.15) is 17.1 Å². The van der Waals surface area contributed by atoms with E-state index in [0.717, 1.165) is 61.5 Å². The van der Waals surface area contributed by atoms with Crippen LogP contribution in [0.15, 0.2) is 116 Å². The number of benzene rings is 4. The zero-order valence-corrected chi connectivity index (χ0v) is 36.2. The van der Waals surface area contributed by atoms with Crippen LogP contribution in [0.4, 0.5) is 0 Å². The molecule has 0 bridgehead atoms. The van der Waals surface area contributed by atoms with Crippen LogP contribution >= 0.6 is 0 Å². The Labute approximate surface area is 334 Å². The van der Waals surface area contributed by atoms with Gasteiger partial charge in [0.25, 0.3) is 0 Å². The van der Waals surface area contributed by atoms with Crippen molar-refractivity contribution in [1.82, 2.24) is 19.5 Å². The summed E-state index contributed by atoms with van der Waals surface area (Å²) in [6, 6.07) is 36.4. The van der Waals surface area contributed by atoms with Gasteiger partial charge in [-0.15, -0.1) is 0 Å². The monoisotopic (exact) mass is 756 g/mol. The number of para-hydroxylation sites is 1. The first-order valence-corrected chi connectivity index (χ1v) is 23.3. The summed E-state index contributed by atoms with van der Waals surface area (Å²) in [5.74, 6) is 0.918. The average molecular weight is 757 g/mol. The van der Waals surface area contributed by atoms with Crippen LogP contribution in [-0.2, 0) is 16.2 Å². The van der Waals surface area contributed by atoms with Crippen LogP contribution in [0, 0.1) is 0 Å². The smallest absolute Gasteiger partial charge is 0.149 e. The average Bonchev–Trinajstić information content (AvgIpc) is 3.53. The topological polar surface area (TPSA) is 63.8 Å². The zero-order valence-electron chi connectivity index (χ0n) is 35.2. The molecule has 5 nitrogen and oxygen atoms in total. The Bertz CT molecular complexity index is 2560. The minimum Gasteiger partial charge on any atom is -0.507 e. The fraction of sp³-hybridized carbons (Fsp3) is 0.300. The van der Waals surface area contributed by atoms with Gasteiger partial charge in [0.15, 0.2) is 0 Å². The van der Waals surface area contributed by atoms with Gasteiger partial charge in [-0.1, -0.05) is 143 Å². The number of hydrogen-bond acceptors (Lipinski definition) is 4. The summed E-state index contributed by atoms with van der Waals surface area (Å²) < 4.78 is 2.22. The Balaban J connectivity index is 1.57. The molecule has 0 amide bonds. The van der Waals surface area contributed by atoms with Gasteiger partial charge < -0.3 is 5.11 Å². The molecule has 7 aromatic rings.